The quantitative estimate of drug-likeness (QED) is 0.725. The van der Waals surface area contributed by atoms with Crippen LogP contribution in [0.5, 0.6) is 0 Å². The molecule has 0 aromatic carbocycles. The molecule has 1 aliphatic rings. The van der Waals surface area contributed by atoms with Gasteiger partial charge >= 0.3 is 6.18 Å². The molecule has 1 saturated heterocycles. The van der Waals surface area contributed by atoms with E-state index in [1.165, 1.54) is 36.8 Å². The number of hydrogen-bond donors (Lipinski definition) is 2. The zero-order valence-corrected chi connectivity index (χ0v) is 15.8. The number of β-amino-alcohol motifs (C(OH)–C–C–N with tert-alkyl or cyclic N) is 1. The Kier molecular flexibility index (Phi) is 6.38. The van der Waals surface area contributed by atoms with Crippen LogP contribution in [0.1, 0.15) is 17.4 Å². The average Bonchev–Trinajstić information content (AvgIpc) is 3.07. The zero-order valence-electron chi connectivity index (χ0n) is 15.0. The number of nitrogens with zero attached hydrogens (tertiary/aromatic N) is 4. The molecule has 2 N–H and O–H groups in total. The van der Waals surface area contributed by atoms with Crippen molar-refractivity contribution in [2.75, 3.05) is 26.7 Å². The van der Waals surface area contributed by atoms with Crippen LogP contribution in [0, 0.1) is 0 Å². The van der Waals surface area contributed by atoms with Crippen LogP contribution in [0.2, 0.25) is 5.02 Å². The number of likely N-dealkylation sites (tertiary alicyclic amines) is 1. The fraction of sp³-hybridized carbons (Fsp3) is 0.667. The van der Waals surface area contributed by atoms with Crippen molar-refractivity contribution < 1.29 is 27.9 Å². The van der Waals surface area contributed by atoms with Crippen molar-refractivity contribution >= 4 is 23.4 Å². The third kappa shape index (κ3) is 5.11. The number of aliphatic hydroxyl groups is 1. The number of rotatable bonds is 5. The SMILES string of the molecule is CC(C(=O)N1C[C@@H](O)[C@@H](NC(=O)c2c(Cl)cnn2C)C1)N(C)CC(F)(F)F. The van der Waals surface area contributed by atoms with E-state index in [9.17, 15) is 27.9 Å². The number of amides is 2. The van der Waals surface area contributed by atoms with Gasteiger partial charge in [0.25, 0.3) is 5.91 Å². The standard InChI is InChI=1S/C15H21ClF3N5O3/c1-8(22(2)7-15(17,18)19)14(27)24-5-10(11(25)6-24)21-13(26)12-9(16)4-20-23(12)3/h4,8,10-11,25H,5-7H2,1-3H3,(H,21,26)/t8?,10-,11+/m0/s1. The van der Waals surface area contributed by atoms with E-state index in [1.807, 2.05) is 0 Å². The maximum Gasteiger partial charge on any atom is 0.401 e. The van der Waals surface area contributed by atoms with Crippen molar-refractivity contribution in [1.82, 2.24) is 24.9 Å². The van der Waals surface area contributed by atoms with Gasteiger partial charge in [0.05, 0.1) is 36.0 Å². The van der Waals surface area contributed by atoms with Crippen molar-refractivity contribution in [1.29, 1.82) is 0 Å². The highest BCUT2D eigenvalue weighted by atomic mass is 35.5. The Hall–Kier alpha value is -1.85. The van der Waals surface area contributed by atoms with Crippen LogP contribution < -0.4 is 5.32 Å². The number of aryl methyl sites for hydroxylation is 1. The molecule has 2 rings (SSSR count). The summed E-state index contributed by atoms with van der Waals surface area (Å²) in [7, 11) is 2.73. The van der Waals surface area contributed by atoms with E-state index in [1.54, 1.807) is 0 Å². The first-order valence-corrected chi connectivity index (χ1v) is 8.50. The Morgan fingerprint density at radius 3 is 2.63 bits per heavy atom. The van der Waals surface area contributed by atoms with Gasteiger partial charge in [-0.25, -0.2) is 0 Å². The Labute approximate surface area is 158 Å². The van der Waals surface area contributed by atoms with Gasteiger partial charge in [-0.05, 0) is 14.0 Å². The number of likely N-dealkylation sites (N-methyl/N-ethyl adjacent to an activating group) is 1. The molecule has 1 fully saturated rings. The van der Waals surface area contributed by atoms with Gasteiger partial charge in [0.2, 0.25) is 5.91 Å². The maximum atomic E-state index is 12.5. The molecule has 3 atom stereocenters. The first kappa shape index (κ1) is 21.5. The lowest BCUT2D eigenvalue weighted by Crippen LogP contribution is -2.48. The van der Waals surface area contributed by atoms with E-state index < -0.39 is 42.7 Å². The number of alkyl halides is 3. The van der Waals surface area contributed by atoms with Crippen molar-refractivity contribution in [2.45, 2.75) is 31.3 Å². The highest BCUT2D eigenvalue weighted by Gasteiger charge is 2.39. The third-order valence-corrected chi connectivity index (χ3v) is 4.75. The number of aromatic nitrogens is 2. The number of aliphatic hydroxyl groups excluding tert-OH is 1. The predicted octanol–water partition coefficient (Wildman–Crippen LogP) is 0.258. The van der Waals surface area contributed by atoms with E-state index in [4.69, 9.17) is 11.6 Å². The van der Waals surface area contributed by atoms with E-state index in [0.717, 1.165) is 4.90 Å². The highest BCUT2D eigenvalue weighted by molar-refractivity contribution is 6.33. The molecule has 1 aliphatic heterocycles. The lowest BCUT2D eigenvalue weighted by molar-refractivity contribution is -0.154. The summed E-state index contributed by atoms with van der Waals surface area (Å²) in [5.41, 5.74) is 0.104. The molecule has 2 heterocycles. The van der Waals surface area contributed by atoms with Gasteiger partial charge in [-0.3, -0.25) is 19.2 Å². The maximum absolute atomic E-state index is 12.5. The summed E-state index contributed by atoms with van der Waals surface area (Å²) >= 11 is 5.90. The third-order valence-electron chi connectivity index (χ3n) is 4.47. The average molecular weight is 412 g/mol. The zero-order chi connectivity index (χ0) is 20.5. The molecule has 2 amide bonds. The molecule has 0 saturated carbocycles. The fourth-order valence-corrected chi connectivity index (χ4v) is 3.14. The summed E-state index contributed by atoms with van der Waals surface area (Å²) in [6.45, 7) is 0.0235. The topological polar surface area (TPSA) is 90.7 Å². The minimum Gasteiger partial charge on any atom is -0.389 e. The number of halogens is 4. The second-order valence-corrected chi connectivity index (χ2v) is 6.97. The van der Waals surface area contributed by atoms with Crippen molar-refractivity contribution in [2.24, 2.45) is 7.05 Å². The Morgan fingerprint density at radius 2 is 2.11 bits per heavy atom. The minimum absolute atomic E-state index is 0.0224. The van der Waals surface area contributed by atoms with E-state index in [-0.39, 0.29) is 23.8 Å². The minimum atomic E-state index is -4.42. The molecular weight excluding hydrogens is 391 g/mol. The summed E-state index contributed by atoms with van der Waals surface area (Å²) in [4.78, 5) is 26.9. The normalized spacial score (nSPS) is 21.6. The lowest BCUT2D eigenvalue weighted by atomic mass is 10.2. The van der Waals surface area contributed by atoms with Crippen LogP contribution in [0.25, 0.3) is 0 Å². The molecule has 0 radical (unpaired) electrons. The van der Waals surface area contributed by atoms with Crippen LogP contribution in [-0.4, -0.2) is 87.5 Å². The molecule has 8 nitrogen and oxygen atoms in total. The molecule has 27 heavy (non-hydrogen) atoms. The van der Waals surface area contributed by atoms with Gasteiger partial charge in [0.15, 0.2) is 0 Å². The van der Waals surface area contributed by atoms with Gasteiger partial charge in [-0.2, -0.15) is 18.3 Å². The van der Waals surface area contributed by atoms with Gasteiger partial charge in [-0.15, -0.1) is 0 Å². The molecule has 0 bridgehead atoms. The molecule has 1 aromatic rings. The van der Waals surface area contributed by atoms with Gasteiger partial charge in [0, 0.05) is 20.1 Å². The monoisotopic (exact) mass is 411 g/mol. The predicted molar refractivity (Wildman–Crippen MR) is 90.2 cm³/mol. The van der Waals surface area contributed by atoms with Crippen molar-refractivity contribution in [3.05, 3.63) is 16.9 Å². The second-order valence-electron chi connectivity index (χ2n) is 6.56. The number of hydrogen-bond acceptors (Lipinski definition) is 5. The number of carbonyl (C=O) groups excluding carboxylic acids is 2. The molecule has 152 valence electrons. The summed E-state index contributed by atoms with van der Waals surface area (Å²) in [5, 5.41) is 16.7. The first-order chi connectivity index (χ1) is 12.4. The summed E-state index contributed by atoms with van der Waals surface area (Å²) in [6.07, 6.45) is -4.17. The molecular formula is C15H21ClF3N5O3. The van der Waals surface area contributed by atoms with E-state index in [0.29, 0.717) is 0 Å². The summed E-state index contributed by atoms with van der Waals surface area (Å²) in [6, 6.07) is -1.80. The van der Waals surface area contributed by atoms with Crippen LogP contribution in [0.3, 0.4) is 0 Å². The van der Waals surface area contributed by atoms with E-state index >= 15 is 0 Å². The molecule has 1 aromatic heterocycles. The summed E-state index contributed by atoms with van der Waals surface area (Å²) < 4.78 is 38.8. The lowest BCUT2D eigenvalue weighted by Gasteiger charge is -2.28. The first-order valence-electron chi connectivity index (χ1n) is 8.13. The molecule has 0 spiro atoms. The number of carbonyl (C=O) groups is 2. The molecule has 0 aliphatic carbocycles. The van der Waals surface area contributed by atoms with E-state index in [2.05, 4.69) is 10.4 Å². The van der Waals surface area contributed by atoms with Gasteiger partial charge in [0.1, 0.15) is 5.69 Å². The Balaban J connectivity index is 1.99. The van der Waals surface area contributed by atoms with Crippen molar-refractivity contribution in [3.8, 4) is 0 Å². The van der Waals surface area contributed by atoms with Gasteiger partial charge in [-0.1, -0.05) is 11.6 Å². The van der Waals surface area contributed by atoms with Crippen LogP contribution in [0.4, 0.5) is 13.2 Å². The van der Waals surface area contributed by atoms with Crippen molar-refractivity contribution in [3.63, 3.8) is 0 Å². The van der Waals surface area contributed by atoms with Gasteiger partial charge < -0.3 is 15.3 Å². The van der Waals surface area contributed by atoms with Crippen LogP contribution >= 0.6 is 11.6 Å². The summed E-state index contributed by atoms with van der Waals surface area (Å²) in [5.74, 6) is -1.13. The smallest absolute Gasteiger partial charge is 0.389 e. The second kappa shape index (κ2) is 8.03. The Morgan fingerprint density at radius 1 is 1.48 bits per heavy atom. The molecule has 12 heteroatoms. The fourth-order valence-electron chi connectivity index (χ4n) is 2.88. The number of nitrogens with one attached hydrogen (secondary N) is 1. The molecule has 1 unspecified atom stereocenters. The largest absolute Gasteiger partial charge is 0.401 e. The van der Waals surface area contributed by atoms with Crippen LogP contribution in [-0.2, 0) is 11.8 Å². The van der Waals surface area contributed by atoms with Crippen LogP contribution in [0.15, 0.2) is 6.20 Å². The Bertz CT molecular complexity index is 692. The highest BCUT2D eigenvalue weighted by Crippen LogP contribution is 2.20.